The highest BCUT2D eigenvalue weighted by Gasteiger charge is 2.38. The van der Waals surface area contributed by atoms with E-state index in [-0.39, 0.29) is 5.82 Å². The third-order valence-electron chi connectivity index (χ3n) is 3.33. The Morgan fingerprint density at radius 2 is 1.88 bits per heavy atom. The van der Waals surface area contributed by atoms with Crippen LogP contribution < -0.4 is 4.74 Å². The van der Waals surface area contributed by atoms with Gasteiger partial charge in [0, 0.05) is 16.2 Å². The van der Waals surface area contributed by atoms with Gasteiger partial charge in [0.1, 0.15) is 5.75 Å². The van der Waals surface area contributed by atoms with Crippen molar-refractivity contribution in [3.05, 3.63) is 60.0 Å². The topological polar surface area (TPSA) is 48.2 Å². The van der Waals surface area contributed by atoms with Crippen LogP contribution in [-0.2, 0) is 11.9 Å². The fourth-order valence-corrected chi connectivity index (χ4v) is 2.98. The molecule has 25 heavy (non-hydrogen) atoms. The lowest BCUT2D eigenvalue weighted by Gasteiger charge is -2.05. The highest BCUT2D eigenvalue weighted by molar-refractivity contribution is 7.98. The van der Waals surface area contributed by atoms with Gasteiger partial charge in [0.25, 0.3) is 0 Å². The van der Waals surface area contributed by atoms with Crippen LogP contribution in [0.2, 0.25) is 0 Å². The van der Waals surface area contributed by atoms with Gasteiger partial charge in [-0.15, -0.1) is 11.8 Å². The van der Waals surface area contributed by atoms with Crippen molar-refractivity contribution >= 4 is 11.8 Å². The second-order valence-electron chi connectivity index (χ2n) is 5.09. The van der Waals surface area contributed by atoms with Crippen LogP contribution in [0.4, 0.5) is 13.2 Å². The first-order valence-electron chi connectivity index (χ1n) is 7.23. The van der Waals surface area contributed by atoms with Gasteiger partial charge in [-0.2, -0.15) is 18.2 Å². The Bertz CT molecular complexity index is 848. The number of ether oxygens (including phenoxy) is 1. The zero-order valence-electron chi connectivity index (χ0n) is 13.1. The van der Waals surface area contributed by atoms with Gasteiger partial charge in [-0.25, -0.2) is 0 Å². The Morgan fingerprint density at radius 1 is 1.12 bits per heavy atom. The molecule has 0 spiro atoms. The Labute approximate surface area is 146 Å². The molecule has 130 valence electrons. The summed E-state index contributed by atoms with van der Waals surface area (Å²) in [6, 6.07) is 14.7. The molecule has 0 aliphatic rings. The molecule has 0 saturated carbocycles. The van der Waals surface area contributed by atoms with Crippen LogP contribution in [0.5, 0.6) is 5.75 Å². The van der Waals surface area contributed by atoms with Crippen LogP contribution in [0, 0.1) is 0 Å². The van der Waals surface area contributed by atoms with E-state index in [9.17, 15) is 13.2 Å². The Morgan fingerprint density at radius 3 is 2.52 bits per heavy atom. The zero-order chi connectivity index (χ0) is 17.9. The predicted octanol–water partition coefficient (Wildman–Crippen LogP) is 5.06. The van der Waals surface area contributed by atoms with Crippen LogP contribution in [0.25, 0.3) is 11.4 Å². The number of rotatable bonds is 5. The smallest absolute Gasteiger partial charge is 0.471 e. The predicted molar refractivity (Wildman–Crippen MR) is 87.3 cm³/mol. The summed E-state index contributed by atoms with van der Waals surface area (Å²) in [5.41, 5.74) is 1.58. The van der Waals surface area contributed by atoms with E-state index < -0.39 is 12.1 Å². The molecule has 0 unspecified atom stereocenters. The van der Waals surface area contributed by atoms with Crippen molar-refractivity contribution in [2.24, 2.45) is 0 Å². The Balaban J connectivity index is 1.71. The average Bonchev–Trinajstić information content (AvgIpc) is 3.11. The van der Waals surface area contributed by atoms with Crippen molar-refractivity contribution in [2.45, 2.75) is 16.8 Å². The van der Waals surface area contributed by atoms with Crippen LogP contribution in [0.15, 0.2) is 57.9 Å². The molecule has 3 aromatic rings. The van der Waals surface area contributed by atoms with Gasteiger partial charge in [0.2, 0.25) is 5.82 Å². The van der Waals surface area contributed by atoms with Crippen molar-refractivity contribution in [1.82, 2.24) is 10.1 Å². The number of halogens is 3. The van der Waals surface area contributed by atoms with Crippen LogP contribution in [0.1, 0.15) is 11.5 Å². The summed E-state index contributed by atoms with van der Waals surface area (Å²) in [6.45, 7) is 0. The maximum Gasteiger partial charge on any atom is 0.471 e. The lowest BCUT2D eigenvalue weighted by Crippen LogP contribution is -2.04. The third-order valence-corrected chi connectivity index (χ3v) is 4.39. The van der Waals surface area contributed by atoms with E-state index in [4.69, 9.17) is 4.74 Å². The molecule has 0 atom stereocenters. The molecule has 0 saturated heterocycles. The molecule has 0 fully saturated rings. The Hall–Kier alpha value is -2.48. The SMILES string of the molecule is COc1ccc(CSc2cccc(-c3noc(C(F)(F)F)n3)c2)cc1. The first kappa shape index (κ1) is 17.3. The van der Waals surface area contributed by atoms with Crippen molar-refractivity contribution in [3.63, 3.8) is 0 Å². The number of nitrogens with zero attached hydrogens (tertiary/aromatic N) is 2. The summed E-state index contributed by atoms with van der Waals surface area (Å²) < 4.78 is 47.0. The van der Waals surface area contributed by atoms with Gasteiger partial charge in [0.05, 0.1) is 7.11 Å². The molecular formula is C17H13F3N2O2S. The standard InChI is InChI=1S/C17H13F3N2O2S/c1-23-13-7-5-11(6-8-13)10-25-14-4-2-3-12(9-14)15-21-16(24-22-15)17(18,19)20/h2-9H,10H2,1H3. The largest absolute Gasteiger partial charge is 0.497 e. The van der Waals surface area contributed by atoms with Gasteiger partial charge in [0.15, 0.2) is 0 Å². The van der Waals surface area contributed by atoms with Gasteiger partial charge in [-0.3, -0.25) is 0 Å². The molecular weight excluding hydrogens is 353 g/mol. The van der Waals surface area contributed by atoms with E-state index in [1.807, 2.05) is 30.3 Å². The molecule has 8 heteroatoms. The monoisotopic (exact) mass is 366 g/mol. The van der Waals surface area contributed by atoms with Gasteiger partial charge in [-0.1, -0.05) is 29.4 Å². The zero-order valence-corrected chi connectivity index (χ0v) is 13.9. The summed E-state index contributed by atoms with van der Waals surface area (Å²) in [5, 5.41) is 3.40. The molecule has 0 aliphatic carbocycles. The van der Waals surface area contributed by atoms with E-state index in [1.54, 1.807) is 37.1 Å². The summed E-state index contributed by atoms with van der Waals surface area (Å²) in [6.07, 6.45) is -4.65. The van der Waals surface area contributed by atoms with Crippen LogP contribution in [0.3, 0.4) is 0 Å². The number of hydrogen-bond acceptors (Lipinski definition) is 5. The molecule has 0 N–H and O–H groups in total. The van der Waals surface area contributed by atoms with Gasteiger partial charge < -0.3 is 9.26 Å². The maximum absolute atomic E-state index is 12.5. The molecule has 1 aromatic heterocycles. The first-order chi connectivity index (χ1) is 12.0. The quantitative estimate of drug-likeness (QED) is 0.591. The molecule has 1 heterocycles. The van der Waals surface area contributed by atoms with Crippen molar-refractivity contribution in [2.75, 3.05) is 7.11 Å². The molecule has 0 radical (unpaired) electrons. The normalized spacial score (nSPS) is 11.5. The third kappa shape index (κ3) is 4.33. The van der Waals surface area contributed by atoms with E-state index in [0.717, 1.165) is 16.2 Å². The Kier molecular flexibility index (Phi) is 4.98. The van der Waals surface area contributed by atoms with Crippen LogP contribution in [-0.4, -0.2) is 17.3 Å². The minimum absolute atomic E-state index is 0.0841. The van der Waals surface area contributed by atoms with E-state index >= 15 is 0 Å². The highest BCUT2D eigenvalue weighted by atomic mass is 32.2. The lowest BCUT2D eigenvalue weighted by atomic mass is 10.2. The average molecular weight is 366 g/mol. The number of aromatic nitrogens is 2. The van der Waals surface area contributed by atoms with Crippen molar-refractivity contribution in [3.8, 4) is 17.1 Å². The van der Waals surface area contributed by atoms with Crippen molar-refractivity contribution in [1.29, 1.82) is 0 Å². The number of hydrogen-bond donors (Lipinski definition) is 0. The fourth-order valence-electron chi connectivity index (χ4n) is 2.07. The summed E-state index contributed by atoms with van der Waals surface area (Å²) in [4.78, 5) is 4.30. The molecule has 0 bridgehead atoms. The second kappa shape index (κ2) is 7.18. The highest BCUT2D eigenvalue weighted by Crippen LogP contribution is 2.31. The summed E-state index contributed by atoms with van der Waals surface area (Å²) in [5.74, 6) is 0.0689. The number of alkyl halides is 3. The molecule has 0 aliphatic heterocycles. The van der Waals surface area contributed by atoms with Gasteiger partial charge >= 0.3 is 12.1 Å². The number of benzene rings is 2. The molecule has 4 nitrogen and oxygen atoms in total. The maximum atomic E-state index is 12.5. The molecule has 2 aromatic carbocycles. The molecule has 0 amide bonds. The summed E-state index contributed by atoms with van der Waals surface area (Å²) in [7, 11) is 1.61. The first-order valence-corrected chi connectivity index (χ1v) is 8.21. The van der Waals surface area contributed by atoms with Crippen LogP contribution >= 0.6 is 11.8 Å². The number of thioether (sulfide) groups is 1. The minimum atomic E-state index is -4.65. The van der Waals surface area contributed by atoms with E-state index in [1.165, 1.54) is 0 Å². The molecule has 3 rings (SSSR count). The van der Waals surface area contributed by atoms with E-state index in [2.05, 4.69) is 14.7 Å². The van der Waals surface area contributed by atoms with Gasteiger partial charge in [-0.05, 0) is 29.8 Å². The minimum Gasteiger partial charge on any atom is -0.497 e. The van der Waals surface area contributed by atoms with Crippen molar-refractivity contribution < 1.29 is 22.4 Å². The second-order valence-corrected chi connectivity index (χ2v) is 6.13. The number of methoxy groups -OCH3 is 1. The summed E-state index contributed by atoms with van der Waals surface area (Å²) >= 11 is 1.56. The van der Waals surface area contributed by atoms with E-state index in [0.29, 0.717) is 11.3 Å². The fraction of sp³-hybridized carbons (Fsp3) is 0.176. The lowest BCUT2D eigenvalue weighted by molar-refractivity contribution is -0.159.